The molecule has 0 rings (SSSR count). The largest absolute Gasteiger partial charge is 0.315 e. The average molecular weight is 270 g/mol. The van der Waals surface area contributed by atoms with E-state index in [2.05, 4.69) is 47.1 Å². The molecular weight excluding hydrogens is 251 g/mol. The van der Waals surface area contributed by atoms with Crippen molar-refractivity contribution in [1.82, 2.24) is 10.6 Å². The van der Waals surface area contributed by atoms with Gasteiger partial charge in [-0.15, -0.1) is 0 Å². The maximum atomic E-state index is 3.39. The van der Waals surface area contributed by atoms with Gasteiger partial charge in [-0.25, -0.2) is 0 Å². The highest BCUT2D eigenvalue weighted by atomic mass is 127. The minimum Gasteiger partial charge on any atom is -0.315 e. The number of halogens is 1. The Morgan fingerprint density at radius 1 is 1.09 bits per heavy atom. The van der Waals surface area contributed by atoms with Crippen molar-refractivity contribution >= 4 is 22.6 Å². The highest BCUT2D eigenvalue weighted by molar-refractivity contribution is 14.1. The fraction of sp³-hybridized carbons (Fsp3) is 1.00. The number of rotatable bonds is 7. The predicted octanol–water partition coefficient (Wildman–Crippen LogP) is 1.60. The minimum absolute atomic E-state index is 0.819. The summed E-state index contributed by atoms with van der Waals surface area (Å²) in [6.07, 6.45) is 1.28. The van der Waals surface area contributed by atoms with E-state index in [1.54, 1.807) is 0 Å². The van der Waals surface area contributed by atoms with Crippen molar-refractivity contribution in [2.45, 2.75) is 20.3 Å². The highest BCUT2D eigenvalue weighted by Gasteiger charge is 1.91. The van der Waals surface area contributed by atoms with E-state index < -0.39 is 0 Å². The van der Waals surface area contributed by atoms with Crippen molar-refractivity contribution in [1.29, 1.82) is 0 Å². The van der Waals surface area contributed by atoms with E-state index in [-0.39, 0.29) is 0 Å². The summed E-state index contributed by atoms with van der Waals surface area (Å²) in [4.78, 5) is 0. The summed E-state index contributed by atoms with van der Waals surface area (Å²) in [5.41, 5.74) is 0. The van der Waals surface area contributed by atoms with Gasteiger partial charge in [0.05, 0.1) is 0 Å². The van der Waals surface area contributed by atoms with Crippen molar-refractivity contribution in [3.63, 3.8) is 0 Å². The van der Waals surface area contributed by atoms with Gasteiger partial charge in [-0.1, -0.05) is 36.4 Å². The minimum atomic E-state index is 0.819. The first-order chi connectivity index (χ1) is 5.27. The standard InChI is InChI=1S/C8H19IN2/c1-8(2)3-4-10-5-6-11-7-9/h8,10-11H,3-7H2,1-2H3. The van der Waals surface area contributed by atoms with Gasteiger partial charge in [0.2, 0.25) is 0 Å². The topological polar surface area (TPSA) is 24.1 Å². The normalized spacial score (nSPS) is 10.9. The van der Waals surface area contributed by atoms with Gasteiger partial charge in [0.25, 0.3) is 0 Å². The Hall–Kier alpha value is 0.650. The van der Waals surface area contributed by atoms with E-state index >= 15 is 0 Å². The Kier molecular flexibility index (Phi) is 9.26. The van der Waals surface area contributed by atoms with Gasteiger partial charge < -0.3 is 10.6 Å². The molecule has 0 heterocycles. The molecule has 11 heavy (non-hydrogen) atoms. The van der Waals surface area contributed by atoms with Crippen LogP contribution in [-0.2, 0) is 0 Å². The Bertz CT molecular complexity index is 76.5. The molecule has 0 saturated carbocycles. The van der Waals surface area contributed by atoms with Crippen molar-refractivity contribution < 1.29 is 0 Å². The lowest BCUT2D eigenvalue weighted by Crippen LogP contribution is -2.27. The van der Waals surface area contributed by atoms with E-state index in [1.807, 2.05) is 0 Å². The van der Waals surface area contributed by atoms with E-state index in [4.69, 9.17) is 0 Å². The van der Waals surface area contributed by atoms with E-state index in [0.717, 1.165) is 30.1 Å². The number of hydrogen-bond donors (Lipinski definition) is 2. The SMILES string of the molecule is CC(C)CCNCCNCI. The summed E-state index contributed by atoms with van der Waals surface area (Å²) in [5, 5.41) is 6.65. The zero-order valence-electron chi connectivity index (χ0n) is 7.49. The van der Waals surface area contributed by atoms with Gasteiger partial charge in [-0.05, 0) is 18.9 Å². The van der Waals surface area contributed by atoms with Crippen LogP contribution in [0, 0.1) is 5.92 Å². The van der Waals surface area contributed by atoms with E-state index in [9.17, 15) is 0 Å². The second-order valence-corrected chi connectivity index (χ2v) is 3.83. The van der Waals surface area contributed by atoms with Crippen LogP contribution in [0.2, 0.25) is 0 Å². The lowest BCUT2D eigenvalue weighted by atomic mass is 10.1. The monoisotopic (exact) mass is 270 g/mol. The highest BCUT2D eigenvalue weighted by Crippen LogP contribution is 1.95. The summed E-state index contributed by atoms with van der Waals surface area (Å²) in [6.45, 7) is 7.84. The van der Waals surface area contributed by atoms with Crippen LogP contribution in [-0.4, -0.2) is 24.2 Å². The molecule has 0 spiro atoms. The molecule has 0 radical (unpaired) electrons. The molecule has 0 aliphatic rings. The first kappa shape index (κ1) is 11.6. The van der Waals surface area contributed by atoms with E-state index in [0.29, 0.717) is 0 Å². The maximum absolute atomic E-state index is 3.39. The van der Waals surface area contributed by atoms with Gasteiger partial charge >= 0.3 is 0 Å². The van der Waals surface area contributed by atoms with Gasteiger partial charge in [-0.3, -0.25) is 0 Å². The molecule has 0 fully saturated rings. The quantitative estimate of drug-likeness (QED) is 0.318. The third kappa shape index (κ3) is 10.7. The summed E-state index contributed by atoms with van der Waals surface area (Å²) < 4.78 is 1.05. The third-order valence-electron chi connectivity index (χ3n) is 1.47. The molecule has 0 aliphatic carbocycles. The van der Waals surface area contributed by atoms with Crippen molar-refractivity contribution in [2.24, 2.45) is 5.92 Å². The number of alkyl halides is 1. The molecule has 0 aromatic rings. The lowest BCUT2D eigenvalue weighted by Gasteiger charge is -2.06. The first-order valence-electron chi connectivity index (χ1n) is 4.24. The van der Waals surface area contributed by atoms with Gasteiger partial charge in [0.1, 0.15) is 0 Å². The van der Waals surface area contributed by atoms with Gasteiger partial charge in [-0.2, -0.15) is 0 Å². The van der Waals surface area contributed by atoms with Crippen molar-refractivity contribution in [3.8, 4) is 0 Å². The third-order valence-corrected chi connectivity index (χ3v) is 2.01. The van der Waals surface area contributed by atoms with Crippen LogP contribution in [0.1, 0.15) is 20.3 Å². The first-order valence-corrected chi connectivity index (χ1v) is 5.77. The molecule has 0 atom stereocenters. The van der Waals surface area contributed by atoms with E-state index in [1.165, 1.54) is 6.42 Å². The Morgan fingerprint density at radius 2 is 1.73 bits per heavy atom. The summed E-state index contributed by atoms with van der Waals surface area (Å²) >= 11 is 2.32. The van der Waals surface area contributed by atoms with Crippen molar-refractivity contribution in [3.05, 3.63) is 0 Å². The molecule has 2 nitrogen and oxygen atoms in total. The van der Waals surface area contributed by atoms with Crippen LogP contribution >= 0.6 is 22.6 Å². The Morgan fingerprint density at radius 3 is 2.27 bits per heavy atom. The van der Waals surface area contributed by atoms with Gasteiger partial charge in [0, 0.05) is 17.6 Å². The van der Waals surface area contributed by atoms with Gasteiger partial charge in [0.15, 0.2) is 0 Å². The summed E-state index contributed by atoms with van der Waals surface area (Å²) in [6, 6.07) is 0. The molecule has 68 valence electrons. The van der Waals surface area contributed by atoms with Crippen LogP contribution in [0.5, 0.6) is 0 Å². The molecule has 0 saturated heterocycles. The van der Waals surface area contributed by atoms with Crippen LogP contribution in [0.3, 0.4) is 0 Å². The Balaban J connectivity index is 2.80. The zero-order valence-corrected chi connectivity index (χ0v) is 9.65. The molecule has 0 amide bonds. The van der Waals surface area contributed by atoms with Crippen LogP contribution in [0.25, 0.3) is 0 Å². The molecule has 0 aliphatic heterocycles. The number of nitrogens with one attached hydrogen (secondary N) is 2. The summed E-state index contributed by atoms with van der Waals surface area (Å²) in [7, 11) is 0. The molecular formula is C8H19IN2. The smallest absolute Gasteiger partial charge is 0.0480 e. The fourth-order valence-corrected chi connectivity index (χ4v) is 1.14. The number of hydrogen-bond acceptors (Lipinski definition) is 2. The van der Waals surface area contributed by atoms with Crippen molar-refractivity contribution in [2.75, 3.05) is 24.2 Å². The average Bonchev–Trinajstić information content (AvgIpc) is 1.96. The summed E-state index contributed by atoms with van der Waals surface area (Å²) in [5.74, 6) is 0.819. The molecule has 0 aromatic heterocycles. The molecule has 0 unspecified atom stereocenters. The second-order valence-electron chi connectivity index (χ2n) is 3.07. The molecule has 0 bridgehead atoms. The zero-order chi connectivity index (χ0) is 8.53. The lowest BCUT2D eigenvalue weighted by molar-refractivity contribution is 0.534. The predicted molar refractivity (Wildman–Crippen MR) is 59.2 cm³/mol. The maximum Gasteiger partial charge on any atom is 0.0480 e. The second kappa shape index (κ2) is 8.74. The van der Waals surface area contributed by atoms with Crippen LogP contribution in [0.4, 0.5) is 0 Å². The van der Waals surface area contributed by atoms with Crippen LogP contribution in [0.15, 0.2) is 0 Å². The Labute approximate surface area is 83.7 Å². The molecule has 3 heteroatoms. The van der Waals surface area contributed by atoms with Crippen LogP contribution < -0.4 is 10.6 Å². The molecule has 2 N–H and O–H groups in total. The molecule has 0 aromatic carbocycles. The fourth-order valence-electron chi connectivity index (χ4n) is 0.759.